The van der Waals surface area contributed by atoms with Gasteiger partial charge < -0.3 is 9.47 Å². The number of alkyl halides is 1. The van der Waals surface area contributed by atoms with E-state index in [0.717, 1.165) is 60.3 Å². The maximum absolute atomic E-state index is 16.4. The van der Waals surface area contributed by atoms with E-state index in [0.29, 0.717) is 30.5 Å². The van der Waals surface area contributed by atoms with Crippen molar-refractivity contribution in [2.75, 3.05) is 26.3 Å². The zero-order valence-corrected chi connectivity index (χ0v) is 22.6. The molecule has 1 unspecified atom stereocenters. The molecule has 0 radical (unpaired) electrons. The molecule has 0 amide bonds. The van der Waals surface area contributed by atoms with E-state index in [1.165, 1.54) is 6.20 Å². The lowest BCUT2D eigenvalue weighted by atomic mass is 9.95. The van der Waals surface area contributed by atoms with Crippen molar-refractivity contribution in [2.24, 2.45) is 0 Å². The topological polar surface area (TPSA) is 78.2 Å². The lowest BCUT2D eigenvalue weighted by Gasteiger charge is -2.30. The van der Waals surface area contributed by atoms with E-state index >= 15 is 4.39 Å². The first-order valence-electron chi connectivity index (χ1n) is 14.4. The Balaban J connectivity index is 1.22. The van der Waals surface area contributed by atoms with Gasteiger partial charge in [0.15, 0.2) is 12.0 Å². The van der Waals surface area contributed by atoms with Crippen LogP contribution in [0.4, 0.5) is 8.78 Å². The summed E-state index contributed by atoms with van der Waals surface area (Å²) < 4.78 is 44.6. The van der Waals surface area contributed by atoms with Crippen LogP contribution in [-0.2, 0) is 4.74 Å². The fraction of sp³-hybridized carbons (Fsp3) is 0.419. The second-order valence-corrected chi connectivity index (χ2v) is 11.6. The molecule has 6 heterocycles. The van der Waals surface area contributed by atoms with Crippen LogP contribution in [0.5, 0.6) is 6.01 Å². The molecule has 3 atom stereocenters. The molecule has 10 heteroatoms. The highest BCUT2D eigenvalue weighted by Gasteiger charge is 2.49. The van der Waals surface area contributed by atoms with E-state index in [1.807, 2.05) is 28.9 Å². The van der Waals surface area contributed by atoms with Crippen molar-refractivity contribution < 1.29 is 18.3 Å². The number of hydrogen-bond acceptors (Lipinski definition) is 7. The molecule has 0 N–H and O–H groups in total. The largest absolute Gasteiger partial charge is 0.461 e. The number of ether oxygens (including phenoxy) is 2. The number of pyridine rings is 1. The minimum atomic E-state index is -0.853. The Bertz CT molecular complexity index is 1790. The monoisotopic (exact) mass is 556 g/mol. The number of benzene rings is 2. The second-order valence-electron chi connectivity index (χ2n) is 11.6. The Morgan fingerprint density at radius 1 is 1.05 bits per heavy atom. The number of nitrogens with zero attached hydrogens (tertiary/aromatic N) is 6. The Kier molecular flexibility index (Phi) is 5.89. The molecule has 210 valence electrons. The van der Waals surface area contributed by atoms with Gasteiger partial charge in [0.2, 0.25) is 0 Å². The molecule has 8 rings (SSSR count). The Labute approximate surface area is 235 Å². The van der Waals surface area contributed by atoms with Crippen molar-refractivity contribution in [1.29, 1.82) is 0 Å². The standard InChI is InChI=1S/C31H30F2N6O2/c32-21-13-31(9-5-10-38(31)17-21)18-41-30-35-15-20-14-34-29(27(33)28(20)37-30)26-22-7-2-1-6-19(22)12-24-23(26)16-36-39(24)25-8-3-4-11-40-25/h1-2,6-7,12,14-16,21,25H,3-5,8-11,13,17-18H2/t21-,25?,31+/m1/s1. The van der Waals surface area contributed by atoms with Gasteiger partial charge in [-0.05, 0) is 55.5 Å². The molecule has 2 aromatic carbocycles. The zero-order valence-electron chi connectivity index (χ0n) is 22.6. The highest BCUT2D eigenvalue weighted by atomic mass is 19.1. The van der Waals surface area contributed by atoms with Gasteiger partial charge in [-0.15, -0.1) is 0 Å². The van der Waals surface area contributed by atoms with E-state index in [4.69, 9.17) is 14.6 Å². The predicted molar refractivity (Wildman–Crippen MR) is 151 cm³/mol. The third-order valence-corrected chi connectivity index (χ3v) is 9.07. The van der Waals surface area contributed by atoms with E-state index in [1.54, 1.807) is 12.4 Å². The van der Waals surface area contributed by atoms with Gasteiger partial charge in [0.25, 0.3) is 0 Å². The summed E-state index contributed by atoms with van der Waals surface area (Å²) in [7, 11) is 0. The molecular weight excluding hydrogens is 526 g/mol. The van der Waals surface area contributed by atoms with Crippen molar-refractivity contribution in [1.82, 2.24) is 29.6 Å². The summed E-state index contributed by atoms with van der Waals surface area (Å²) in [5.74, 6) is -0.542. The third kappa shape index (κ3) is 4.06. The summed E-state index contributed by atoms with van der Waals surface area (Å²) in [5, 5.41) is 7.81. The van der Waals surface area contributed by atoms with Crippen LogP contribution in [0.2, 0.25) is 0 Å². The molecule has 0 saturated carbocycles. The minimum Gasteiger partial charge on any atom is -0.461 e. The van der Waals surface area contributed by atoms with E-state index in [2.05, 4.69) is 25.9 Å². The average molecular weight is 557 g/mol. The van der Waals surface area contributed by atoms with E-state index < -0.39 is 12.0 Å². The summed E-state index contributed by atoms with van der Waals surface area (Å²) in [6, 6.07) is 10.1. The number of fused-ring (bicyclic) bond motifs is 4. The first-order chi connectivity index (χ1) is 20.1. The van der Waals surface area contributed by atoms with Crippen LogP contribution in [0, 0.1) is 5.82 Å². The van der Waals surface area contributed by atoms with E-state index in [-0.39, 0.29) is 35.6 Å². The second kappa shape index (κ2) is 9.66. The number of halogens is 2. The summed E-state index contributed by atoms with van der Waals surface area (Å²) in [4.78, 5) is 15.6. The maximum Gasteiger partial charge on any atom is 0.317 e. The molecular formula is C31H30F2N6O2. The lowest BCUT2D eigenvalue weighted by Crippen LogP contribution is -2.43. The molecule has 3 saturated heterocycles. The molecule has 8 nitrogen and oxygen atoms in total. The normalized spacial score (nSPS) is 24.9. The van der Waals surface area contributed by atoms with Crippen LogP contribution >= 0.6 is 0 Å². The fourth-order valence-electron chi connectivity index (χ4n) is 7.09. The Hall–Kier alpha value is -3.76. The van der Waals surface area contributed by atoms with Gasteiger partial charge in [0.1, 0.15) is 24.0 Å². The Morgan fingerprint density at radius 2 is 1.95 bits per heavy atom. The maximum atomic E-state index is 16.4. The highest BCUT2D eigenvalue weighted by Crippen LogP contribution is 2.41. The summed E-state index contributed by atoms with van der Waals surface area (Å²) in [6.45, 7) is 2.29. The van der Waals surface area contributed by atoms with Crippen molar-refractivity contribution in [3.8, 4) is 17.3 Å². The smallest absolute Gasteiger partial charge is 0.317 e. The summed E-state index contributed by atoms with van der Waals surface area (Å²) in [5.41, 5.74) is 1.54. The van der Waals surface area contributed by atoms with Gasteiger partial charge in [-0.2, -0.15) is 10.1 Å². The van der Waals surface area contributed by atoms with Gasteiger partial charge in [0.05, 0.1) is 17.3 Å². The minimum absolute atomic E-state index is 0.0856. The molecule has 0 bridgehead atoms. The summed E-state index contributed by atoms with van der Waals surface area (Å²) >= 11 is 0. The van der Waals surface area contributed by atoms with Gasteiger partial charge >= 0.3 is 6.01 Å². The molecule has 0 spiro atoms. The quantitative estimate of drug-likeness (QED) is 0.263. The van der Waals surface area contributed by atoms with Crippen LogP contribution in [0.25, 0.3) is 43.8 Å². The van der Waals surface area contributed by atoms with Crippen LogP contribution in [0.15, 0.2) is 48.9 Å². The number of hydrogen-bond donors (Lipinski definition) is 0. The Morgan fingerprint density at radius 3 is 2.85 bits per heavy atom. The van der Waals surface area contributed by atoms with Crippen LogP contribution in [0.1, 0.15) is 44.8 Å². The molecule has 3 aromatic heterocycles. The van der Waals surface area contributed by atoms with Gasteiger partial charge in [-0.3, -0.25) is 9.88 Å². The highest BCUT2D eigenvalue weighted by molar-refractivity contribution is 6.11. The van der Waals surface area contributed by atoms with Crippen molar-refractivity contribution in [3.63, 3.8) is 0 Å². The lowest BCUT2D eigenvalue weighted by molar-refractivity contribution is -0.0366. The SMILES string of the molecule is Fc1c(-c2c3ccccc3cc3c2cnn3C2CCCCO2)ncc2cnc(OC[C@@]34CCCN3C[C@H](F)C4)nc12. The third-order valence-electron chi connectivity index (χ3n) is 9.07. The van der Waals surface area contributed by atoms with Crippen LogP contribution in [0.3, 0.4) is 0 Å². The van der Waals surface area contributed by atoms with Crippen molar-refractivity contribution in [3.05, 3.63) is 54.7 Å². The molecule has 5 aromatic rings. The number of aromatic nitrogens is 5. The molecule has 3 fully saturated rings. The molecule has 3 aliphatic heterocycles. The zero-order chi connectivity index (χ0) is 27.6. The van der Waals surface area contributed by atoms with Gasteiger partial charge in [-0.25, -0.2) is 18.4 Å². The van der Waals surface area contributed by atoms with E-state index in [9.17, 15) is 4.39 Å². The number of rotatable bonds is 5. The van der Waals surface area contributed by atoms with Gasteiger partial charge in [-0.1, -0.05) is 24.3 Å². The first-order valence-corrected chi connectivity index (χ1v) is 14.4. The average Bonchev–Trinajstić information content (AvgIpc) is 3.68. The van der Waals surface area contributed by atoms with Crippen LogP contribution < -0.4 is 4.74 Å². The predicted octanol–water partition coefficient (Wildman–Crippen LogP) is 5.99. The molecule has 0 aliphatic carbocycles. The first kappa shape index (κ1) is 25.0. The van der Waals surface area contributed by atoms with Gasteiger partial charge in [0, 0.05) is 48.3 Å². The van der Waals surface area contributed by atoms with Crippen molar-refractivity contribution >= 4 is 32.6 Å². The molecule has 41 heavy (non-hydrogen) atoms. The molecule has 3 aliphatic rings. The summed E-state index contributed by atoms with van der Waals surface area (Å²) in [6.07, 6.45) is 9.24. The fourth-order valence-corrected chi connectivity index (χ4v) is 7.09. The van der Waals surface area contributed by atoms with Crippen LogP contribution in [-0.4, -0.2) is 67.6 Å². The van der Waals surface area contributed by atoms with Crippen molar-refractivity contribution in [2.45, 2.75) is 56.5 Å².